The second kappa shape index (κ2) is 6.54. The molecule has 0 saturated carbocycles. The summed E-state index contributed by atoms with van der Waals surface area (Å²) in [6.07, 6.45) is 3.09. The van der Waals surface area contributed by atoms with Gasteiger partial charge in [-0.15, -0.1) is 0 Å². The SMILES string of the molecule is CCCNc1nc(Cl)nc(N2CCCC(C)(OC)C2)n1. The lowest BCUT2D eigenvalue weighted by Crippen LogP contribution is -2.48. The van der Waals surface area contributed by atoms with E-state index in [1.165, 1.54) is 0 Å². The molecule has 1 saturated heterocycles. The van der Waals surface area contributed by atoms with Crippen LogP contribution in [0.1, 0.15) is 33.1 Å². The van der Waals surface area contributed by atoms with Gasteiger partial charge in [-0.2, -0.15) is 15.0 Å². The van der Waals surface area contributed by atoms with Crippen molar-refractivity contribution < 1.29 is 4.74 Å². The van der Waals surface area contributed by atoms with Crippen LogP contribution >= 0.6 is 11.6 Å². The van der Waals surface area contributed by atoms with Crippen LogP contribution in [-0.4, -0.2) is 47.3 Å². The van der Waals surface area contributed by atoms with Crippen LogP contribution in [0, 0.1) is 0 Å². The average molecular weight is 300 g/mol. The molecule has 1 aliphatic rings. The van der Waals surface area contributed by atoms with Gasteiger partial charge in [-0.05, 0) is 37.8 Å². The molecule has 112 valence electrons. The van der Waals surface area contributed by atoms with Gasteiger partial charge in [-0.1, -0.05) is 6.92 Å². The zero-order valence-electron chi connectivity index (χ0n) is 12.3. The number of hydrogen-bond acceptors (Lipinski definition) is 6. The topological polar surface area (TPSA) is 63.2 Å². The number of hydrogen-bond donors (Lipinski definition) is 1. The van der Waals surface area contributed by atoms with E-state index in [1.807, 2.05) is 0 Å². The molecule has 1 aromatic heterocycles. The van der Waals surface area contributed by atoms with Gasteiger partial charge in [0.1, 0.15) is 0 Å². The Balaban J connectivity index is 2.16. The molecule has 0 amide bonds. The van der Waals surface area contributed by atoms with Crippen molar-refractivity contribution in [3.05, 3.63) is 5.28 Å². The van der Waals surface area contributed by atoms with Gasteiger partial charge in [-0.3, -0.25) is 0 Å². The summed E-state index contributed by atoms with van der Waals surface area (Å²) in [5.74, 6) is 1.15. The Labute approximate surface area is 124 Å². The van der Waals surface area contributed by atoms with Gasteiger partial charge in [0.2, 0.25) is 17.2 Å². The van der Waals surface area contributed by atoms with Crippen LogP contribution < -0.4 is 10.2 Å². The maximum absolute atomic E-state index is 5.99. The quantitative estimate of drug-likeness (QED) is 0.900. The summed E-state index contributed by atoms with van der Waals surface area (Å²) in [5, 5.41) is 3.37. The number of methoxy groups -OCH3 is 1. The number of nitrogens with zero attached hydrogens (tertiary/aromatic N) is 4. The summed E-state index contributed by atoms with van der Waals surface area (Å²) in [4.78, 5) is 14.9. The fourth-order valence-corrected chi connectivity index (χ4v) is 2.50. The first-order chi connectivity index (χ1) is 9.56. The first kappa shape index (κ1) is 15.3. The smallest absolute Gasteiger partial charge is 0.231 e. The lowest BCUT2D eigenvalue weighted by atomic mass is 9.95. The standard InChI is InChI=1S/C13H22ClN5O/c1-4-7-15-11-16-10(14)17-12(18-11)19-8-5-6-13(2,9-19)20-3/h4-9H2,1-3H3,(H,15,16,17,18). The Morgan fingerprint density at radius 2 is 2.20 bits per heavy atom. The van der Waals surface area contributed by atoms with Crippen LogP contribution in [0.4, 0.5) is 11.9 Å². The Bertz CT molecular complexity index is 458. The maximum atomic E-state index is 5.99. The lowest BCUT2D eigenvalue weighted by molar-refractivity contribution is -0.00499. The molecule has 0 aliphatic carbocycles. The van der Waals surface area contributed by atoms with E-state index in [0.29, 0.717) is 11.9 Å². The number of piperidine rings is 1. The minimum Gasteiger partial charge on any atom is -0.377 e. The van der Waals surface area contributed by atoms with Gasteiger partial charge in [0.05, 0.1) is 5.60 Å². The van der Waals surface area contributed by atoms with Crippen LogP contribution in [-0.2, 0) is 4.74 Å². The van der Waals surface area contributed by atoms with Crippen LogP contribution in [0.3, 0.4) is 0 Å². The molecule has 2 heterocycles. The van der Waals surface area contributed by atoms with E-state index >= 15 is 0 Å². The molecule has 0 aromatic carbocycles. The van der Waals surface area contributed by atoms with Gasteiger partial charge in [0.25, 0.3) is 0 Å². The van der Waals surface area contributed by atoms with E-state index in [-0.39, 0.29) is 10.9 Å². The van der Waals surface area contributed by atoms with Crippen LogP contribution in [0.2, 0.25) is 5.28 Å². The lowest BCUT2D eigenvalue weighted by Gasteiger charge is -2.39. The van der Waals surface area contributed by atoms with Gasteiger partial charge >= 0.3 is 0 Å². The minimum atomic E-state index is -0.158. The molecule has 0 spiro atoms. The van der Waals surface area contributed by atoms with Crippen molar-refractivity contribution in [3.8, 4) is 0 Å². The monoisotopic (exact) mass is 299 g/mol. The molecule has 1 unspecified atom stereocenters. The fourth-order valence-electron chi connectivity index (χ4n) is 2.34. The molecule has 2 rings (SSSR count). The number of ether oxygens (including phenoxy) is 1. The predicted molar refractivity (Wildman–Crippen MR) is 80.5 cm³/mol. The minimum absolute atomic E-state index is 0.158. The van der Waals surface area contributed by atoms with E-state index in [9.17, 15) is 0 Å². The van der Waals surface area contributed by atoms with Gasteiger partial charge in [0.15, 0.2) is 0 Å². The highest BCUT2D eigenvalue weighted by Crippen LogP contribution is 2.26. The summed E-state index contributed by atoms with van der Waals surface area (Å²) in [6.45, 7) is 6.68. The average Bonchev–Trinajstić information content (AvgIpc) is 2.44. The van der Waals surface area contributed by atoms with E-state index in [2.05, 4.69) is 39.0 Å². The van der Waals surface area contributed by atoms with E-state index in [1.54, 1.807) is 7.11 Å². The largest absolute Gasteiger partial charge is 0.377 e. The Hall–Kier alpha value is -1.14. The number of rotatable bonds is 5. The molecule has 1 aromatic rings. The van der Waals surface area contributed by atoms with E-state index in [4.69, 9.17) is 16.3 Å². The van der Waals surface area contributed by atoms with Crippen molar-refractivity contribution >= 4 is 23.5 Å². The molecule has 1 N–H and O–H groups in total. The molecule has 7 heteroatoms. The number of aromatic nitrogens is 3. The van der Waals surface area contributed by atoms with Crippen LogP contribution in [0.15, 0.2) is 0 Å². The summed E-state index contributed by atoms with van der Waals surface area (Å²) < 4.78 is 5.59. The Morgan fingerprint density at radius 3 is 2.90 bits per heavy atom. The van der Waals surface area contributed by atoms with E-state index < -0.39 is 0 Å². The molecular formula is C13H22ClN5O. The van der Waals surface area contributed by atoms with Crippen LogP contribution in [0.5, 0.6) is 0 Å². The summed E-state index contributed by atoms with van der Waals surface area (Å²) in [5.41, 5.74) is -0.158. The highest BCUT2D eigenvalue weighted by molar-refractivity contribution is 6.28. The molecule has 1 atom stereocenters. The molecule has 1 fully saturated rings. The third kappa shape index (κ3) is 3.70. The molecule has 0 bridgehead atoms. The van der Waals surface area contributed by atoms with Gasteiger partial charge in [-0.25, -0.2) is 0 Å². The third-order valence-corrected chi connectivity index (χ3v) is 3.73. The van der Waals surface area contributed by atoms with Crippen molar-refractivity contribution in [1.82, 2.24) is 15.0 Å². The van der Waals surface area contributed by atoms with Crippen molar-refractivity contribution in [1.29, 1.82) is 0 Å². The maximum Gasteiger partial charge on any atom is 0.231 e. The fraction of sp³-hybridized carbons (Fsp3) is 0.769. The highest BCUT2D eigenvalue weighted by Gasteiger charge is 2.32. The predicted octanol–water partition coefficient (Wildman–Crippen LogP) is 2.35. The summed E-state index contributed by atoms with van der Waals surface area (Å²) in [7, 11) is 1.75. The number of halogens is 1. The van der Waals surface area contributed by atoms with Crippen molar-refractivity contribution in [2.45, 2.75) is 38.7 Å². The molecule has 20 heavy (non-hydrogen) atoms. The molecular weight excluding hydrogens is 278 g/mol. The first-order valence-corrected chi connectivity index (χ1v) is 7.39. The molecule has 1 aliphatic heterocycles. The third-order valence-electron chi connectivity index (χ3n) is 3.56. The van der Waals surface area contributed by atoms with Crippen LogP contribution in [0.25, 0.3) is 0 Å². The van der Waals surface area contributed by atoms with Crippen molar-refractivity contribution in [2.75, 3.05) is 37.0 Å². The Kier molecular flexibility index (Phi) is 4.99. The molecule has 0 radical (unpaired) electrons. The first-order valence-electron chi connectivity index (χ1n) is 7.02. The second-order valence-electron chi connectivity index (χ2n) is 5.33. The number of nitrogens with one attached hydrogen (secondary N) is 1. The Morgan fingerprint density at radius 1 is 1.40 bits per heavy atom. The van der Waals surface area contributed by atoms with Gasteiger partial charge < -0.3 is 15.0 Å². The molecule has 6 nitrogen and oxygen atoms in total. The van der Waals surface area contributed by atoms with Crippen molar-refractivity contribution in [2.24, 2.45) is 0 Å². The zero-order valence-corrected chi connectivity index (χ0v) is 13.1. The number of anilines is 2. The summed E-state index contributed by atoms with van der Waals surface area (Å²) >= 11 is 5.99. The highest BCUT2D eigenvalue weighted by atomic mass is 35.5. The normalized spacial score (nSPS) is 22.9. The second-order valence-corrected chi connectivity index (χ2v) is 5.67. The van der Waals surface area contributed by atoms with Crippen molar-refractivity contribution in [3.63, 3.8) is 0 Å². The van der Waals surface area contributed by atoms with E-state index in [0.717, 1.165) is 38.9 Å². The zero-order chi connectivity index (χ0) is 14.6. The van der Waals surface area contributed by atoms with Gasteiger partial charge in [0, 0.05) is 26.7 Å². The summed E-state index contributed by atoms with van der Waals surface area (Å²) in [6, 6.07) is 0.